The van der Waals surface area contributed by atoms with Crippen molar-refractivity contribution in [3.63, 3.8) is 0 Å². The van der Waals surface area contributed by atoms with E-state index in [1.165, 1.54) is 6.07 Å². The Morgan fingerprint density at radius 1 is 1.50 bits per heavy atom. The number of amides is 1. The second-order valence-electron chi connectivity index (χ2n) is 2.64. The molecule has 0 heterocycles. The molecule has 0 aliphatic heterocycles. The fourth-order valence-electron chi connectivity index (χ4n) is 0.984. The zero-order valence-corrected chi connectivity index (χ0v) is 9.54. The van der Waals surface area contributed by atoms with E-state index in [9.17, 15) is 9.90 Å². The van der Waals surface area contributed by atoms with Crippen LogP contribution >= 0.6 is 19.8 Å². The maximum absolute atomic E-state index is 11.5. The molecule has 0 aliphatic rings. The monoisotopic (exact) mass is 229 g/mol. The van der Waals surface area contributed by atoms with Gasteiger partial charge in [0, 0.05) is 12.3 Å². The van der Waals surface area contributed by atoms with Crippen molar-refractivity contribution in [3.8, 4) is 5.75 Å². The second kappa shape index (κ2) is 5.89. The van der Waals surface area contributed by atoms with Gasteiger partial charge in [0.15, 0.2) is 0 Å². The number of phenols is 1. The van der Waals surface area contributed by atoms with Gasteiger partial charge in [0.1, 0.15) is 5.75 Å². The molecule has 0 saturated carbocycles. The molecular formula is C9H12NO2PS. The molecule has 3 nitrogen and oxygen atoms in total. The van der Waals surface area contributed by atoms with Gasteiger partial charge in [-0.1, -0.05) is 20.6 Å². The summed E-state index contributed by atoms with van der Waals surface area (Å²) in [5, 5.41) is 12.1. The van der Waals surface area contributed by atoms with Gasteiger partial charge in [-0.3, -0.25) is 4.79 Å². The predicted molar refractivity (Wildman–Crippen MR) is 62.6 cm³/mol. The third-order valence-electron chi connectivity index (χ3n) is 1.65. The molecule has 1 aromatic rings. The number of benzene rings is 1. The number of carbonyl (C=O) groups excluding carboxylic acids is 1. The zero-order valence-electron chi connectivity index (χ0n) is 7.56. The van der Waals surface area contributed by atoms with Crippen molar-refractivity contribution in [2.45, 2.75) is 0 Å². The smallest absolute Gasteiger partial charge is 0.255 e. The summed E-state index contributed by atoms with van der Waals surface area (Å²) in [5.41, 5.74) is 0.321. The molecule has 1 rings (SSSR count). The third-order valence-corrected chi connectivity index (χ3v) is 2.80. The van der Waals surface area contributed by atoms with E-state index in [4.69, 9.17) is 0 Å². The summed E-state index contributed by atoms with van der Waals surface area (Å²) < 4.78 is 0. The summed E-state index contributed by atoms with van der Waals surface area (Å²) in [5.74, 6) is 0.620. The SMILES string of the molecule is O=C(NCCSP)c1ccccc1O. The van der Waals surface area contributed by atoms with Crippen LogP contribution in [0.2, 0.25) is 0 Å². The van der Waals surface area contributed by atoms with Crippen LogP contribution in [0.4, 0.5) is 0 Å². The molecule has 1 unspecified atom stereocenters. The number of hydrogen-bond acceptors (Lipinski definition) is 3. The van der Waals surface area contributed by atoms with Crippen LogP contribution in [0.25, 0.3) is 0 Å². The Morgan fingerprint density at radius 2 is 2.21 bits per heavy atom. The maximum Gasteiger partial charge on any atom is 0.255 e. The van der Waals surface area contributed by atoms with Crippen molar-refractivity contribution < 1.29 is 9.90 Å². The molecule has 2 N–H and O–H groups in total. The van der Waals surface area contributed by atoms with Crippen molar-refractivity contribution >= 4 is 25.7 Å². The lowest BCUT2D eigenvalue weighted by Crippen LogP contribution is -2.25. The van der Waals surface area contributed by atoms with Gasteiger partial charge >= 0.3 is 0 Å². The lowest BCUT2D eigenvalue weighted by molar-refractivity contribution is 0.0953. The zero-order chi connectivity index (χ0) is 10.4. The second-order valence-corrected chi connectivity index (χ2v) is 4.39. The first kappa shape index (κ1) is 11.3. The highest BCUT2D eigenvalue weighted by atomic mass is 32.7. The van der Waals surface area contributed by atoms with E-state index < -0.39 is 0 Å². The van der Waals surface area contributed by atoms with Gasteiger partial charge in [-0.25, -0.2) is 0 Å². The molecule has 1 amide bonds. The number of carbonyl (C=O) groups is 1. The minimum absolute atomic E-state index is 0.0172. The number of hydrogen-bond donors (Lipinski definition) is 2. The number of aromatic hydroxyl groups is 1. The van der Waals surface area contributed by atoms with E-state index in [1.807, 2.05) is 0 Å². The van der Waals surface area contributed by atoms with Gasteiger partial charge in [-0.15, -0.1) is 11.4 Å². The maximum atomic E-state index is 11.5. The summed E-state index contributed by atoms with van der Waals surface area (Å²) in [6.07, 6.45) is 0. The highest BCUT2D eigenvalue weighted by Crippen LogP contribution is 2.15. The fourth-order valence-corrected chi connectivity index (χ4v) is 1.56. The van der Waals surface area contributed by atoms with E-state index in [0.29, 0.717) is 12.1 Å². The van der Waals surface area contributed by atoms with Crippen molar-refractivity contribution in [1.29, 1.82) is 0 Å². The van der Waals surface area contributed by atoms with Crippen molar-refractivity contribution in [1.82, 2.24) is 5.32 Å². The summed E-state index contributed by atoms with van der Waals surface area (Å²) in [6.45, 7) is 0.599. The molecule has 1 atom stereocenters. The number of rotatable bonds is 4. The number of nitrogens with one attached hydrogen (secondary N) is 1. The Hall–Kier alpha value is -0.730. The van der Waals surface area contributed by atoms with Crippen LogP contribution in [-0.2, 0) is 0 Å². The molecule has 1 aromatic carbocycles. The highest BCUT2D eigenvalue weighted by molar-refractivity contribution is 8.43. The van der Waals surface area contributed by atoms with Gasteiger partial charge in [0.05, 0.1) is 5.56 Å². The van der Waals surface area contributed by atoms with Gasteiger partial charge in [-0.05, 0) is 12.1 Å². The molecule has 0 bridgehead atoms. The summed E-state index contributed by atoms with van der Waals surface area (Å²) in [4.78, 5) is 11.5. The summed E-state index contributed by atoms with van der Waals surface area (Å²) in [7, 11) is 2.52. The number of para-hydroxylation sites is 1. The molecule has 0 aliphatic carbocycles. The van der Waals surface area contributed by atoms with E-state index in [0.717, 1.165) is 5.75 Å². The normalized spacial score (nSPS) is 9.79. The molecule has 0 radical (unpaired) electrons. The van der Waals surface area contributed by atoms with Crippen molar-refractivity contribution in [2.75, 3.05) is 12.3 Å². The standard InChI is InChI=1S/C9H12NO2PS/c11-8-4-2-1-3-7(8)9(12)10-5-6-14-13/h1-4,11H,5-6,13H2,(H,10,12). The molecule has 14 heavy (non-hydrogen) atoms. The van der Waals surface area contributed by atoms with Crippen molar-refractivity contribution in [2.24, 2.45) is 0 Å². The first-order chi connectivity index (χ1) is 6.75. The molecule has 0 fully saturated rings. The molecular weight excluding hydrogens is 217 g/mol. The molecule has 0 saturated heterocycles. The first-order valence-electron chi connectivity index (χ1n) is 4.13. The Bertz CT molecular complexity index is 319. The fraction of sp³-hybridized carbons (Fsp3) is 0.222. The predicted octanol–water partition coefficient (Wildman–Crippen LogP) is 1.65. The third kappa shape index (κ3) is 3.20. The van der Waals surface area contributed by atoms with E-state index in [-0.39, 0.29) is 11.7 Å². The van der Waals surface area contributed by atoms with Crippen molar-refractivity contribution in [3.05, 3.63) is 29.8 Å². The molecule has 76 valence electrons. The van der Waals surface area contributed by atoms with Crippen LogP contribution < -0.4 is 5.32 Å². The average molecular weight is 229 g/mol. The van der Waals surface area contributed by atoms with E-state index in [1.54, 1.807) is 29.6 Å². The Morgan fingerprint density at radius 3 is 2.86 bits per heavy atom. The van der Waals surface area contributed by atoms with Crippen LogP contribution in [0, 0.1) is 0 Å². The first-order valence-corrected chi connectivity index (χ1v) is 6.60. The van der Waals surface area contributed by atoms with Crippen LogP contribution in [-0.4, -0.2) is 23.3 Å². The van der Waals surface area contributed by atoms with Gasteiger partial charge in [-0.2, -0.15) is 0 Å². The average Bonchev–Trinajstić information content (AvgIpc) is 2.18. The molecule has 5 heteroatoms. The minimum Gasteiger partial charge on any atom is -0.507 e. The Kier molecular flexibility index (Phi) is 4.77. The number of phenolic OH excluding ortho intramolecular Hbond substituents is 1. The van der Waals surface area contributed by atoms with Gasteiger partial charge < -0.3 is 10.4 Å². The minimum atomic E-state index is -0.234. The topological polar surface area (TPSA) is 49.3 Å². The molecule has 0 aromatic heterocycles. The van der Waals surface area contributed by atoms with Crippen LogP contribution in [0.5, 0.6) is 5.75 Å². The summed E-state index contributed by atoms with van der Waals surface area (Å²) >= 11 is 1.58. The van der Waals surface area contributed by atoms with Crippen LogP contribution in [0.3, 0.4) is 0 Å². The van der Waals surface area contributed by atoms with Gasteiger partial charge in [0.2, 0.25) is 0 Å². The highest BCUT2D eigenvalue weighted by Gasteiger charge is 2.08. The lowest BCUT2D eigenvalue weighted by atomic mass is 10.2. The van der Waals surface area contributed by atoms with E-state index >= 15 is 0 Å². The Balaban J connectivity index is 2.56. The molecule has 0 spiro atoms. The lowest BCUT2D eigenvalue weighted by Gasteiger charge is -2.05. The van der Waals surface area contributed by atoms with E-state index in [2.05, 4.69) is 13.8 Å². The quantitative estimate of drug-likeness (QED) is 0.609. The van der Waals surface area contributed by atoms with Crippen LogP contribution in [0.1, 0.15) is 10.4 Å². The van der Waals surface area contributed by atoms with Gasteiger partial charge in [0.25, 0.3) is 5.91 Å². The summed E-state index contributed by atoms with van der Waals surface area (Å²) in [6, 6.07) is 6.50. The largest absolute Gasteiger partial charge is 0.507 e. The Labute approximate surface area is 89.2 Å². The van der Waals surface area contributed by atoms with Crippen LogP contribution in [0.15, 0.2) is 24.3 Å².